The lowest BCUT2D eigenvalue weighted by Gasteiger charge is -2.29. The summed E-state index contributed by atoms with van der Waals surface area (Å²) in [6, 6.07) is 2.04. The molecule has 23 nitrogen and oxygen atoms in total. The van der Waals surface area contributed by atoms with Crippen molar-refractivity contribution >= 4 is 70.2 Å². The standard InChI is InChI=1S/C50H71N9O14/c1-8-27(6)42(49(71)57-38(50(72)73)23-30-24-52-34-12-10-9-11-32(30)34)59-43(65)28(7)53-45(67)35(18-20-40(63)64)54-46(68)36(21-25(2)3)55-47(69)37(22-29-13-15-31(60)16-14-29)56-48(70)41(26(4)5)58-44(66)33(51)17-19-39(61)62/h9-16,24-28,33,35-38,41-42,52,60H,8,17-23,51H2,1-7H3,(H,53,67)(H,54,68)(H,55,69)(H,56,70)(H,57,71)(H,58,66)(H,59,65)(H,61,62)(H,63,64)(H,72,73)/t27-,28-,33-,35-,36-,37-,38-,41-,42-/m0/s1. The summed E-state index contributed by atoms with van der Waals surface area (Å²) in [5, 5.41) is 57.2. The zero-order valence-corrected chi connectivity index (χ0v) is 42.2. The molecule has 0 radical (unpaired) electrons. The molecular weight excluding hydrogens is 951 g/mol. The number of aliphatic carboxylic acids is 3. The van der Waals surface area contributed by atoms with Gasteiger partial charge in [-0.2, -0.15) is 0 Å². The van der Waals surface area contributed by atoms with Crippen LogP contribution < -0.4 is 43.0 Å². The lowest BCUT2D eigenvalue weighted by molar-refractivity contribution is -0.142. The van der Waals surface area contributed by atoms with Gasteiger partial charge in [0.15, 0.2) is 0 Å². The van der Waals surface area contributed by atoms with Crippen molar-refractivity contribution in [1.29, 1.82) is 0 Å². The van der Waals surface area contributed by atoms with Gasteiger partial charge < -0.3 is 68.4 Å². The molecule has 7 amide bonds. The first-order chi connectivity index (χ1) is 34.3. The first-order valence-corrected chi connectivity index (χ1v) is 24.2. The fourth-order valence-electron chi connectivity index (χ4n) is 7.67. The maximum Gasteiger partial charge on any atom is 0.326 e. The fourth-order valence-corrected chi connectivity index (χ4v) is 7.67. The number of carboxylic acids is 3. The van der Waals surface area contributed by atoms with Gasteiger partial charge in [0.1, 0.15) is 48.0 Å². The Morgan fingerprint density at radius 2 is 1.11 bits per heavy atom. The molecule has 0 spiro atoms. The SMILES string of the molecule is CC[C@H](C)[C@H](NC(=O)[C@H](C)NC(=O)[C@H](CCC(=O)O)NC(=O)[C@H](CC(C)C)NC(=O)[C@H](Cc1ccc(O)cc1)NC(=O)[C@@H](NC(=O)[C@@H](N)CCC(=O)O)C(C)C)C(=O)N[C@@H](Cc1c[nH]c2ccccc12)C(=O)O. The van der Waals surface area contributed by atoms with Gasteiger partial charge in [0.25, 0.3) is 0 Å². The highest BCUT2D eigenvalue weighted by atomic mass is 16.4. The summed E-state index contributed by atoms with van der Waals surface area (Å²) >= 11 is 0. The number of para-hydroxylation sites is 1. The number of amides is 7. The summed E-state index contributed by atoms with van der Waals surface area (Å²) in [5.74, 6) is -11.3. The second kappa shape index (κ2) is 28.5. The Labute approximate surface area is 422 Å². The van der Waals surface area contributed by atoms with Gasteiger partial charge in [0, 0.05) is 42.8 Å². The summed E-state index contributed by atoms with van der Waals surface area (Å²) in [5.41, 5.74) is 7.77. The number of aromatic nitrogens is 1. The van der Waals surface area contributed by atoms with Crippen molar-refractivity contribution in [2.24, 2.45) is 23.5 Å². The van der Waals surface area contributed by atoms with Crippen LogP contribution in [0.15, 0.2) is 54.7 Å². The first kappa shape index (κ1) is 59.7. The van der Waals surface area contributed by atoms with Crippen molar-refractivity contribution in [2.75, 3.05) is 0 Å². The Morgan fingerprint density at radius 3 is 1.70 bits per heavy atom. The summed E-state index contributed by atoms with van der Waals surface area (Å²) in [6.45, 7) is 11.4. The number of nitrogens with two attached hydrogens (primary N) is 1. The number of rotatable bonds is 30. The highest BCUT2D eigenvalue weighted by molar-refractivity contribution is 5.98. The number of hydrogen-bond acceptors (Lipinski definition) is 12. The van der Waals surface area contributed by atoms with Gasteiger partial charge in [-0.25, -0.2) is 4.79 Å². The molecule has 0 fully saturated rings. The van der Waals surface area contributed by atoms with E-state index in [1.807, 2.05) is 18.2 Å². The number of carboxylic acid groups (broad SMARTS) is 3. The molecule has 0 saturated heterocycles. The molecule has 9 atom stereocenters. The van der Waals surface area contributed by atoms with Crippen molar-refractivity contribution in [3.8, 4) is 5.75 Å². The van der Waals surface area contributed by atoms with Gasteiger partial charge in [-0.05, 0) is 73.3 Å². The van der Waals surface area contributed by atoms with E-state index in [-0.39, 0.29) is 37.4 Å². The molecule has 2 aromatic carbocycles. The topological polar surface area (TPSA) is 378 Å². The van der Waals surface area contributed by atoms with Gasteiger partial charge >= 0.3 is 17.9 Å². The van der Waals surface area contributed by atoms with Crippen molar-refractivity contribution in [1.82, 2.24) is 42.2 Å². The van der Waals surface area contributed by atoms with E-state index in [0.29, 0.717) is 17.5 Å². The molecule has 3 rings (SSSR count). The zero-order valence-electron chi connectivity index (χ0n) is 42.2. The van der Waals surface area contributed by atoms with E-state index in [9.17, 15) is 63.3 Å². The number of benzene rings is 2. The zero-order chi connectivity index (χ0) is 54.7. The molecule has 0 saturated carbocycles. The Morgan fingerprint density at radius 1 is 0.575 bits per heavy atom. The van der Waals surface area contributed by atoms with Crippen LogP contribution in [0.4, 0.5) is 0 Å². The molecule has 0 bridgehead atoms. The number of aromatic amines is 1. The monoisotopic (exact) mass is 1020 g/mol. The second-order valence-corrected chi connectivity index (χ2v) is 19.0. The maximum atomic E-state index is 14.2. The summed E-state index contributed by atoms with van der Waals surface area (Å²) < 4.78 is 0. The van der Waals surface area contributed by atoms with Gasteiger partial charge in [-0.1, -0.05) is 78.3 Å². The van der Waals surface area contributed by atoms with Gasteiger partial charge in [-0.15, -0.1) is 0 Å². The van der Waals surface area contributed by atoms with E-state index < -0.39 is 139 Å². The summed E-state index contributed by atoms with van der Waals surface area (Å²) in [6.07, 6.45) is 0.0695. The molecule has 1 aromatic heterocycles. The minimum atomic E-state index is -1.58. The molecular formula is C50H71N9O14. The lowest BCUT2D eigenvalue weighted by Crippen LogP contribution is -2.61. The smallest absolute Gasteiger partial charge is 0.326 e. The van der Waals surface area contributed by atoms with Crippen LogP contribution in [0.2, 0.25) is 0 Å². The highest BCUT2D eigenvalue weighted by Crippen LogP contribution is 2.20. The van der Waals surface area contributed by atoms with E-state index in [2.05, 4.69) is 42.2 Å². The largest absolute Gasteiger partial charge is 0.508 e. The minimum Gasteiger partial charge on any atom is -0.508 e. The number of fused-ring (bicyclic) bond motifs is 1. The van der Waals surface area contributed by atoms with Gasteiger partial charge in [0.2, 0.25) is 41.4 Å². The quantitative estimate of drug-likeness (QED) is 0.0442. The second-order valence-electron chi connectivity index (χ2n) is 19.0. The third-order valence-corrected chi connectivity index (χ3v) is 12.1. The Kier molecular flexibility index (Phi) is 23.3. The number of carbonyl (C=O) groups is 10. The molecule has 0 aliphatic heterocycles. The van der Waals surface area contributed by atoms with Crippen LogP contribution in [0.3, 0.4) is 0 Å². The molecule has 0 aliphatic rings. The van der Waals surface area contributed by atoms with Crippen molar-refractivity contribution in [2.45, 2.75) is 148 Å². The highest BCUT2D eigenvalue weighted by Gasteiger charge is 2.36. The Bertz CT molecular complexity index is 2420. The van der Waals surface area contributed by atoms with E-state index in [1.165, 1.54) is 31.2 Å². The van der Waals surface area contributed by atoms with Crippen LogP contribution >= 0.6 is 0 Å². The number of phenols is 1. The normalized spacial score (nSPS) is 15.0. The number of H-pyrrole nitrogens is 1. The Hall–Kier alpha value is -7.56. The number of carbonyl (C=O) groups excluding carboxylic acids is 7. The van der Waals surface area contributed by atoms with Crippen LogP contribution in [-0.2, 0) is 60.8 Å². The molecule has 23 heteroatoms. The van der Waals surface area contributed by atoms with Crippen molar-refractivity contribution < 1.29 is 68.4 Å². The fraction of sp³-hybridized carbons (Fsp3) is 0.520. The number of nitrogens with one attached hydrogen (secondary N) is 8. The van der Waals surface area contributed by atoms with Crippen LogP contribution in [0, 0.1) is 17.8 Å². The average Bonchev–Trinajstić information content (AvgIpc) is 3.74. The number of hydrogen-bond donors (Lipinski definition) is 13. The van der Waals surface area contributed by atoms with E-state index in [4.69, 9.17) is 10.8 Å². The molecule has 3 aromatic rings. The molecule has 73 heavy (non-hydrogen) atoms. The molecule has 14 N–H and O–H groups in total. The van der Waals surface area contributed by atoms with Crippen LogP contribution in [-0.4, -0.2) is 133 Å². The summed E-state index contributed by atoms with van der Waals surface area (Å²) in [7, 11) is 0. The molecule has 1 heterocycles. The van der Waals surface area contributed by atoms with Gasteiger partial charge in [0.05, 0.1) is 6.04 Å². The number of aromatic hydroxyl groups is 1. The lowest BCUT2D eigenvalue weighted by atomic mass is 9.97. The number of phenolic OH excluding ortho intramolecular Hbond substituents is 1. The molecule has 400 valence electrons. The predicted octanol–water partition coefficient (Wildman–Crippen LogP) is 0.962. The van der Waals surface area contributed by atoms with Crippen LogP contribution in [0.1, 0.15) is 98.1 Å². The predicted molar refractivity (Wildman–Crippen MR) is 266 cm³/mol. The first-order valence-electron chi connectivity index (χ1n) is 24.2. The maximum absolute atomic E-state index is 14.2. The van der Waals surface area contributed by atoms with Gasteiger partial charge in [-0.3, -0.25) is 43.2 Å². The molecule has 0 aliphatic carbocycles. The third-order valence-electron chi connectivity index (χ3n) is 12.1. The van der Waals surface area contributed by atoms with E-state index in [0.717, 1.165) is 10.9 Å². The van der Waals surface area contributed by atoms with Crippen LogP contribution in [0.5, 0.6) is 5.75 Å². The van der Waals surface area contributed by atoms with Crippen LogP contribution in [0.25, 0.3) is 10.9 Å². The van der Waals surface area contributed by atoms with E-state index >= 15 is 0 Å². The average molecular weight is 1020 g/mol. The Balaban J connectivity index is 1.82. The summed E-state index contributed by atoms with van der Waals surface area (Å²) in [4.78, 5) is 134. The van der Waals surface area contributed by atoms with Crippen molar-refractivity contribution in [3.05, 3.63) is 65.9 Å². The minimum absolute atomic E-state index is 0.0218. The van der Waals surface area contributed by atoms with E-state index in [1.54, 1.807) is 53.8 Å². The third kappa shape index (κ3) is 19.2. The van der Waals surface area contributed by atoms with Crippen molar-refractivity contribution in [3.63, 3.8) is 0 Å². The molecule has 0 unspecified atom stereocenters.